The maximum absolute atomic E-state index is 13.0. The van der Waals surface area contributed by atoms with Crippen LogP contribution in [0.1, 0.15) is 17.6 Å². The lowest BCUT2D eigenvalue weighted by Gasteiger charge is -2.05. The van der Waals surface area contributed by atoms with Gasteiger partial charge in [0, 0.05) is 11.6 Å². The second-order valence-corrected chi connectivity index (χ2v) is 3.87. The molecule has 90 valence electrons. The number of furan rings is 1. The molecule has 0 radical (unpaired) electrons. The molecular weight excluding hydrogens is 235 g/mol. The van der Waals surface area contributed by atoms with E-state index in [-0.39, 0.29) is 5.82 Å². The summed E-state index contributed by atoms with van der Waals surface area (Å²) in [5.41, 5.74) is 0.962. The van der Waals surface area contributed by atoms with Gasteiger partial charge in [0.1, 0.15) is 23.5 Å². The van der Waals surface area contributed by atoms with Gasteiger partial charge >= 0.3 is 0 Å². The standard InChI is InChI=1S/C13H9FN2O2/c14-9-1-2-11-8(5-9)6-12(18-11)13(17)10-3-4-15-7-16-10/h1-7,13,17H. The third-order valence-corrected chi connectivity index (χ3v) is 2.65. The normalized spacial score (nSPS) is 12.8. The van der Waals surface area contributed by atoms with Gasteiger partial charge in [-0.1, -0.05) is 0 Å². The lowest BCUT2D eigenvalue weighted by atomic mass is 10.2. The van der Waals surface area contributed by atoms with Gasteiger partial charge in [-0.15, -0.1) is 0 Å². The predicted molar refractivity (Wildman–Crippen MR) is 62.3 cm³/mol. The van der Waals surface area contributed by atoms with Crippen molar-refractivity contribution in [1.29, 1.82) is 0 Å². The van der Waals surface area contributed by atoms with E-state index in [9.17, 15) is 9.50 Å². The van der Waals surface area contributed by atoms with Crippen LogP contribution >= 0.6 is 0 Å². The second-order valence-electron chi connectivity index (χ2n) is 3.87. The summed E-state index contributed by atoms with van der Waals surface area (Å²) < 4.78 is 18.5. The average Bonchev–Trinajstić information content (AvgIpc) is 2.81. The molecule has 1 aromatic carbocycles. The second kappa shape index (κ2) is 4.19. The summed E-state index contributed by atoms with van der Waals surface area (Å²) in [6, 6.07) is 7.40. The smallest absolute Gasteiger partial charge is 0.154 e. The van der Waals surface area contributed by atoms with E-state index < -0.39 is 6.10 Å². The van der Waals surface area contributed by atoms with E-state index in [2.05, 4.69) is 9.97 Å². The summed E-state index contributed by atoms with van der Waals surface area (Å²) >= 11 is 0. The number of nitrogens with zero attached hydrogens (tertiary/aromatic N) is 2. The Hall–Kier alpha value is -2.27. The number of aliphatic hydroxyl groups excluding tert-OH is 1. The zero-order valence-electron chi connectivity index (χ0n) is 9.25. The van der Waals surface area contributed by atoms with Crippen LogP contribution < -0.4 is 0 Å². The van der Waals surface area contributed by atoms with E-state index >= 15 is 0 Å². The van der Waals surface area contributed by atoms with Crippen LogP contribution in [0, 0.1) is 5.82 Å². The first-order valence-electron chi connectivity index (χ1n) is 5.37. The van der Waals surface area contributed by atoms with Crippen LogP contribution in [0.2, 0.25) is 0 Å². The molecule has 3 rings (SSSR count). The lowest BCUT2D eigenvalue weighted by Crippen LogP contribution is -2.00. The summed E-state index contributed by atoms with van der Waals surface area (Å²) in [6.07, 6.45) is 1.90. The molecule has 0 saturated heterocycles. The van der Waals surface area contributed by atoms with Gasteiger partial charge in [0.15, 0.2) is 6.10 Å². The Kier molecular flexibility index (Phi) is 2.53. The molecule has 4 nitrogen and oxygen atoms in total. The van der Waals surface area contributed by atoms with Crippen molar-refractivity contribution in [3.63, 3.8) is 0 Å². The number of benzene rings is 1. The summed E-state index contributed by atoms with van der Waals surface area (Å²) in [7, 11) is 0. The minimum Gasteiger partial charge on any atom is -0.458 e. The van der Waals surface area contributed by atoms with Crippen molar-refractivity contribution in [3.05, 3.63) is 60.1 Å². The first kappa shape index (κ1) is 10.9. The van der Waals surface area contributed by atoms with Gasteiger partial charge in [-0.2, -0.15) is 0 Å². The summed E-state index contributed by atoms with van der Waals surface area (Å²) in [5, 5.41) is 10.7. The van der Waals surface area contributed by atoms with E-state index in [1.807, 2.05) is 0 Å². The molecule has 18 heavy (non-hydrogen) atoms. The Morgan fingerprint density at radius 3 is 2.89 bits per heavy atom. The number of aromatic nitrogens is 2. The van der Waals surface area contributed by atoms with Crippen molar-refractivity contribution in [2.75, 3.05) is 0 Å². The molecule has 0 fully saturated rings. The molecule has 0 aliphatic carbocycles. The van der Waals surface area contributed by atoms with Crippen molar-refractivity contribution in [2.24, 2.45) is 0 Å². The summed E-state index contributed by atoms with van der Waals surface area (Å²) in [4.78, 5) is 7.72. The van der Waals surface area contributed by atoms with Crippen molar-refractivity contribution in [3.8, 4) is 0 Å². The Labute approximate surface area is 102 Å². The Balaban J connectivity index is 2.04. The minimum atomic E-state index is -0.983. The minimum absolute atomic E-state index is 0.328. The van der Waals surface area contributed by atoms with Gasteiger partial charge in [0.25, 0.3) is 0 Å². The largest absolute Gasteiger partial charge is 0.458 e. The first-order chi connectivity index (χ1) is 8.74. The number of hydrogen-bond acceptors (Lipinski definition) is 4. The Morgan fingerprint density at radius 2 is 2.11 bits per heavy atom. The Morgan fingerprint density at radius 1 is 1.22 bits per heavy atom. The quantitative estimate of drug-likeness (QED) is 0.752. The highest BCUT2D eigenvalue weighted by Crippen LogP contribution is 2.27. The van der Waals surface area contributed by atoms with Crippen molar-refractivity contribution >= 4 is 11.0 Å². The molecule has 0 amide bonds. The summed E-state index contributed by atoms with van der Waals surface area (Å²) in [5.74, 6) is -0.0133. The van der Waals surface area contributed by atoms with Crippen LogP contribution in [0.3, 0.4) is 0 Å². The zero-order valence-corrected chi connectivity index (χ0v) is 9.25. The van der Waals surface area contributed by atoms with E-state index in [0.717, 1.165) is 0 Å². The van der Waals surface area contributed by atoms with E-state index in [1.165, 1.54) is 30.7 Å². The average molecular weight is 244 g/mol. The van der Waals surface area contributed by atoms with E-state index in [4.69, 9.17) is 4.42 Å². The predicted octanol–water partition coefficient (Wildman–Crippen LogP) is 2.44. The molecule has 0 saturated carbocycles. The maximum Gasteiger partial charge on any atom is 0.154 e. The fraction of sp³-hybridized carbons (Fsp3) is 0.0769. The highest BCUT2D eigenvalue weighted by Gasteiger charge is 2.16. The van der Waals surface area contributed by atoms with Gasteiger partial charge in [-0.3, -0.25) is 0 Å². The van der Waals surface area contributed by atoms with Crippen LogP contribution in [-0.2, 0) is 0 Å². The van der Waals surface area contributed by atoms with E-state index in [1.54, 1.807) is 12.1 Å². The number of halogens is 1. The summed E-state index contributed by atoms with van der Waals surface area (Å²) in [6.45, 7) is 0. The van der Waals surface area contributed by atoms with Crippen molar-refractivity contribution < 1.29 is 13.9 Å². The molecule has 0 aliphatic heterocycles. The third-order valence-electron chi connectivity index (χ3n) is 2.65. The fourth-order valence-corrected chi connectivity index (χ4v) is 1.78. The lowest BCUT2D eigenvalue weighted by molar-refractivity contribution is 0.187. The van der Waals surface area contributed by atoms with Crippen LogP contribution in [-0.4, -0.2) is 15.1 Å². The zero-order chi connectivity index (χ0) is 12.5. The highest BCUT2D eigenvalue weighted by atomic mass is 19.1. The number of hydrogen-bond donors (Lipinski definition) is 1. The van der Waals surface area contributed by atoms with Crippen molar-refractivity contribution in [1.82, 2.24) is 9.97 Å². The Bertz CT molecular complexity index is 682. The van der Waals surface area contributed by atoms with Gasteiger partial charge < -0.3 is 9.52 Å². The molecule has 0 spiro atoms. The molecule has 1 atom stereocenters. The van der Waals surface area contributed by atoms with Gasteiger partial charge in [-0.05, 0) is 30.3 Å². The van der Waals surface area contributed by atoms with Crippen LogP contribution in [0.4, 0.5) is 4.39 Å². The van der Waals surface area contributed by atoms with Crippen LogP contribution in [0.15, 0.2) is 47.3 Å². The molecule has 1 N–H and O–H groups in total. The number of rotatable bonds is 2. The first-order valence-corrected chi connectivity index (χ1v) is 5.37. The van der Waals surface area contributed by atoms with Gasteiger partial charge in [0.2, 0.25) is 0 Å². The molecule has 2 heterocycles. The van der Waals surface area contributed by atoms with E-state index in [0.29, 0.717) is 22.4 Å². The molecule has 0 bridgehead atoms. The topological polar surface area (TPSA) is 59.2 Å². The molecule has 1 unspecified atom stereocenters. The third kappa shape index (κ3) is 1.84. The molecule has 5 heteroatoms. The molecule has 3 aromatic rings. The van der Waals surface area contributed by atoms with Crippen molar-refractivity contribution in [2.45, 2.75) is 6.10 Å². The molecule has 0 aliphatic rings. The monoisotopic (exact) mass is 244 g/mol. The van der Waals surface area contributed by atoms with Gasteiger partial charge in [0.05, 0.1) is 5.69 Å². The van der Waals surface area contributed by atoms with Gasteiger partial charge in [-0.25, -0.2) is 14.4 Å². The van der Waals surface area contributed by atoms with Crippen LogP contribution in [0.5, 0.6) is 0 Å². The SMILES string of the molecule is OC(c1ccncn1)c1cc2cc(F)ccc2o1. The number of fused-ring (bicyclic) bond motifs is 1. The maximum atomic E-state index is 13.0. The highest BCUT2D eigenvalue weighted by molar-refractivity contribution is 5.78. The molecular formula is C13H9FN2O2. The molecule has 2 aromatic heterocycles. The van der Waals surface area contributed by atoms with Crippen LogP contribution in [0.25, 0.3) is 11.0 Å². The number of aliphatic hydroxyl groups is 1. The fourth-order valence-electron chi connectivity index (χ4n) is 1.78.